The molecule has 154 valence electrons. The minimum absolute atomic E-state index is 0.0176. The maximum absolute atomic E-state index is 12.6. The molecule has 0 spiro atoms. The van der Waals surface area contributed by atoms with Gasteiger partial charge in [0.25, 0.3) is 0 Å². The minimum atomic E-state index is -0.0518. The van der Waals surface area contributed by atoms with Crippen LogP contribution in [0.3, 0.4) is 0 Å². The van der Waals surface area contributed by atoms with Gasteiger partial charge in [-0.25, -0.2) is 4.79 Å². The maximum atomic E-state index is 12.6. The van der Waals surface area contributed by atoms with Gasteiger partial charge >= 0.3 is 5.69 Å². The third-order valence-corrected chi connectivity index (χ3v) is 5.14. The van der Waals surface area contributed by atoms with E-state index in [0.29, 0.717) is 26.1 Å². The predicted molar refractivity (Wildman–Crippen MR) is 117 cm³/mol. The van der Waals surface area contributed by atoms with Crippen molar-refractivity contribution in [3.8, 4) is 0 Å². The number of hydrogen-bond donors (Lipinski definition) is 1. The van der Waals surface area contributed by atoms with E-state index in [9.17, 15) is 9.59 Å². The van der Waals surface area contributed by atoms with Gasteiger partial charge in [0.1, 0.15) is 0 Å². The molecular weight excluding hydrogens is 364 g/mol. The highest BCUT2D eigenvalue weighted by molar-refractivity contribution is 5.77. The summed E-state index contributed by atoms with van der Waals surface area (Å²) in [4.78, 5) is 27.1. The normalized spacial score (nSPS) is 11.3. The van der Waals surface area contributed by atoms with Crippen LogP contribution in [0.25, 0.3) is 11.0 Å². The van der Waals surface area contributed by atoms with E-state index in [-0.39, 0.29) is 11.6 Å². The van der Waals surface area contributed by atoms with Gasteiger partial charge in [0.15, 0.2) is 0 Å². The molecule has 0 fully saturated rings. The average Bonchev–Trinajstić information content (AvgIpc) is 3.01. The maximum Gasteiger partial charge on any atom is 0.329 e. The topological polar surface area (TPSA) is 59.3 Å². The zero-order valence-corrected chi connectivity index (χ0v) is 17.3. The summed E-state index contributed by atoms with van der Waals surface area (Å²) in [5.41, 5.74) is 3.04. The Morgan fingerprint density at radius 2 is 1.66 bits per heavy atom. The number of benzene rings is 2. The second kappa shape index (κ2) is 10.1. The van der Waals surface area contributed by atoms with E-state index >= 15 is 0 Å². The SMILES string of the molecule is CCn1c(=O)n(CCC(=O)NCCCN(C)Cc2ccccc2)c2ccccc21. The van der Waals surface area contributed by atoms with Crippen LogP contribution in [0.4, 0.5) is 0 Å². The van der Waals surface area contributed by atoms with E-state index in [1.807, 2.05) is 49.4 Å². The molecule has 1 aromatic heterocycles. The number of aromatic nitrogens is 2. The lowest BCUT2D eigenvalue weighted by Gasteiger charge is -2.16. The highest BCUT2D eigenvalue weighted by Gasteiger charge is 2.12. The van der Waals surface area contributed by atoms with Gasteiger partial charge in [-0.15, -0.1) is 0 Å². The molecule has 1 amide bonds. The van der Waals surface area contributed by atoms with E-state index < -0.39 is 0 Å². The molecule has 3 rings (SSSR count). The summed E-state index contributed by atoms with van der Waals surface area (Å²) in [7, 11) is 2.09. The lowest BCUT2D eigenvalue weighted by Crippen LogP contribution is -2.30. The summed E-state index contributed by atoms with van der Waals surface area (Å²) in [5.74, 6) is -0.0176. The van der Waals surface area contributed by atoms with Gasteiger partial charge in [0, 0.05) is 32.6 Å². The summed E-state index contributed by atoms with van der Waals surface area (Å²) in [6.45, 7) is 5.43. The van der Waals surface area contributed by atoms with Crippen LogP contribution in [0.15, 0.2) is 59.4 Å². The first-order chi connectivity index (χ1) is 14.1. The molecular formula is C23H30N4O2. The van der Waals surface area contributed by atoms with Crippen LogP contribution in [0.1, 0.15) is 25.3 Å². The Bertz CT molecular complexity index is 991. The van der Waals surface area contributed by atoms with Crippen molar-refractivity contribution in [2.45, 2.75) is 39.4 Å². The third-order valence-electron chi connectivity index (χ3n) is 5.14. The summed E-state index contributed by atoms with van der Waals surface area (Å²) in [5, 5.41) is 2.97. The first-order valence-electron chi connectivity index (χ1n) is 10.3. The molecule has 3 aromatic rings. The van der Waals surface area contributed by atoms with Gasteiger partial charge in [0.2, 0.25) is 5.91 Å². The quantitative estimate of drug-likeness (QED) is 0.538. The monoisotopic (exact) mass is 394 g/mol. The van der Waals surface area contributed by atoms with Crippen molar-refractivity contribution in [1.29, 1.82) is 0 Å². The number of nitrogens with zero attached hydrogens (tertiary/aromatic N) is 3. The first-order valence-corrected chi connectivity index (χ1v) is 10.3. The molecule has 0 atom stereocenters. The Labute approximate surface area is 171 Å². The van der Waals surface area contributed by atoms with Crippen molar-refractivity contribution < 1.29 is 4.79 Å². The fourth-order valence-corrected chi connectivity index (χ4v) is 3.65. The number of imidazole rings is 1. The van der Waals surface area contributed by atoms with Crippen LogP contribution in [-0.4, -0.2) is 40.1 Å². The van der Waals surface area contributed by atoms with Crippen LogP contribution in [-0.2, 0) is 24.4 Å². The van der Waals surface area contributed by atoms with Crippen molar-refractivity contribution in [3.63, 3.8) is 0 Å². The second-order valence-corrected chi connectivity index (χ2v) is 7.34. The molecule has 2 aromatic carbocycles. The van der Waals surface area contributed by atoms with Gasteiger partial charge in [-0.05, 0) is 44.6 Å². The Kier molecular flexibility index (Phi) is 7.25. The van der Waals surface area contributed by atoms with E-state index in [2.05, 4.69) is 29.4 Å². The van der Waals surface area contributed by atoms with Crippen LogP contribution >= 0.6 is 0 Å². The zero-order chi connectivity index (χ0) is 20.6. The average molecular weight is 395 g/mol. The standard InChI is InChI=1S/C23H30N4O2/c1-3-26-20-12-7-8-13-21(20)27(23(26)29)17-14-22(28)24-15-9-16-25(2)18-19-10-5-4-6-11-19/h4-8,10-13H,3,9,14-18H2,1-2H3,(H,24,28). The molecule has 0 saturated heterocycles. The first kappa shape index (κ1) is 20.9. The van der Waals surface area contributed by atoms with E-state index in [1.165, 1.54) is 5.56 Å². The fourth-order valence-electron chi connectivity index (χ4n) is 3.65. The molecule has 0 bridgehead atoms. The molecule has 0 aliphatic heterocycles. The fraction of sp³-hybridized carbons (Fsp3) is 0.391. The zero-order valence-electron chi connectivity index (χ0n) is 17.3. The molecule has 0 aliphatic rings. The number of aryl methyl sites for hydroxylation is 2. The Balaban J connectivity index is 1.43. The number of fused-ring (bicyclic) bond motifs is 1. The molecule has 0 aliphatic carbocycles. The number of amides is 1. The van der Waals surface area contributed by atoms with Crippen molar-refractivity contribution in [2.24, 2.45) is 0 Å². The minimum Gasteiger partial charge on any atom is -0.356 e. The van der Waals surface area contributed by atoms with Crippen LogP contribution < -0.4 is 11.0 Å². The van der Waals surface area contributed by atoms with Crippen LogP contribution in [0.2, 0.25) is 0 Å². The highest BCUT2D eigenvalue weighted by Crippen LogP contribution is 2.13. The summed E-state index contributed by atoms with van der Waals surface area (Å²) >= 11 is 0. The molecule has 6 heteroatoms. The van der Waals surface area contributed by atoms with Crippen LogP contribution in [0.5, 0.6) is 0 Å². The van der Waals surface area contributed by atoms with E-state index in [0.717, 1.165) is 30.5 Å². The van der Waals surface area contributed by atoms with Gasteiger partial charge in [-0.2, -0.15) is 0 Å². The van der Waals surface area contributed by atoms with Crippen molar-refractivity contribution >= 4 is 16.9 Å². The Morgan fingerprint density at radius 3 is 2.34 bits per heavy atom. The summed E-state index contributed by atoms with van der Waals surface area (Å²) in [6, 6.07) is 18.1. The van der Waals surface area contributed by atoms with Gasteiger partial charge in [-0.1, -0.05) is 42.5 Å². The van der Waals surface area contributed by atoms with Gasteiger partial charge in [-0.3, -0.25) is 13.9 Å². The molecule has 1 N–H and O–H groups in total. The lowest BCUT2D eigenvalue weighted by molar-refractivity contribution is -0.121. The molecule has 0 unspecified atom stereocenters. The number of para-hydroxylation sites is 2. The number of hydrogen-bond acceptors (Lipinski definition) is 3. The van der Waals surface area contributed by atoms with Crippen molar-refractivity contribution in [3.05, 3.63) is 70.6 Å². The molecule has 6 nitrogen and oxygen atoms in total. The number of carbonyl (C=O) groups is 1. The number of rotatable bonds is 10. The summed E-state index contributed by atoms with van der Waals surface area (Å²) < 4.78 is 3.45. The predicted octanol–water partition coefficient (Wildman–Crippen LogP) is 2.85. The largest absolute Gasteiger partial charge is 0.356 e. The van der Waals surface area contributed by atoms with E-state index in [1.54, 1.807) is 9.13 Å². The van der Waals surface area contributed by atoms with Gasteiger partial charge in [0.05, 0.1) is 11.0 Å². The smallest absolute Gasteiger partial charge is 0.329 e. The second-order valence-electron chi connectivity index (χ2n) is 7.34. The number of carbonyl (C=O) groups excluding carboxylic acids is 1. The van der Waals surface area contributed by atoms with Crippen LogP contribution in [0, 0.1) is 0 Å². The lowest BCUT2D eigenvalue weighted by atomic mass is 10.2. The van der Waals surface area contributed by atoms with E-state index in [4.69, 9.17) is 0 Å². The Morgan fingerprint density at radius 1 is 1.00 bits per heavy atom. The Hall–Kier alpha value is -2.86. The van der Waals surface area contributed by atoms with Gasteiger partial charge < -0.3 is 10.2 Å². The third kappa shape index (κ3) is 5.35. The summed E-state index contributed by atoms with van der Waals surface area (Å²) in [6.07, 6.45) is 1.20. The molecule has 0 radical (unpaired) electrons. The van der Waals surface area contributed by atoms with Crippen molar-refractivity contribution in [2.75, 3.05) is 20.1 Å². The molecule has 0 saturated carbocycles. The molecule has 29 heavy (non-hydrogen) atoms. The van der Waals surface area contributed by atoms with Crippen molar-refractivity contribution in [1.82, 2.24) is 19.4 Å². The highest BCUT2D eigenvalue weighted by atomic mass is 16.2. The molecule has 1 heterocycles. The number of nitrogens with one attached hydrogen (secondary N) is 1.